The summed E-state index contributed by atoms with van der Waals surface area (Å²) in [7, 11) is 0. The maximum atomic E-state index is 12.6. The normalized spacial score (nSPS) is 24.4. The molecular formula is C20H29ClN4O2S. The van der Waals surface area contributed by atoms with Crippen molar-refractivity contribution in [2.75, 3.05) is 13.1 Å². The van der Waals surface area contributed by atoms with Crippen LogP contribution in [-0.2, 0) is 24.1 Å². The van der Waals surface area contributed by atoms with Crippen LogP contribution in [0.15, 0.2) is 4.79 Å². The van der Waals surface area contributed by atoms with E-state index in [2.05, 4.69) is 34.4 Å². The lowest BCUT2D eigenvalue weighted by molar-refractivity contribution is -0.122. The Labute approximate surface area is 175 Å². The lowest BCUT2D eigenvalue weighted by Crippen LogP contribution is -2.48. The zero-order valence-electron chi connectivity index (χ0n) is 16.5. The lowest BCUT2D eigenvalue weighted by atomic mass is 9.89. The number of thiophene rings is 1. The standard InChI is InChI=1S/C20H28N4O2S.ClH/c1-11-3-4-13-15(9-11)27-20-18(13)19(26)23-16(24-20)5-6-17(25)22-14-7-8-21-10-12(14)2;/h11-12,14,21H,3-10H2,1-2H3,(H,22,25)(H,23,24,26);1H. The third kappa shape index (κ3) is 4.42. The van der Waals surface area contributed by atoms with Gasteiger partial charge >= 0.3 is 0 Å². The molecule has 1 aliphatic heterocycles. The van der Waals surface area contributed by atoms with Gasteiger partial charge in [0.1, 0.15) is 10.7 Å². The number of amides is 1. The third-order valence-corrected chi connectivity index (χ3v) is 7.08. The zero-order valence-corrected chi connectivity index (χ0v) is 18.1. The fourth-order valence-electron chi connectivity index (χ4n) is 4.25. The number of nitrogens with zero attached hydrogens (tertiary/aromatic N) is 1. The summed E-state index contributed by atoms with van der Waals surface area (Å²) in [6, 6.07) is 0.235. The van der Waals surface area contributed by atoms with Gasteiger partial charge in [-0.15, -0.1) is 23.7 Å². The predicted octanol–water partition coefficient (Wildman–Crippen LogP) is 2.58. The predicted molar refractivity (Wildman–Crippen MR) is 116 cm³/mol. The Morgan fingerprint density at radius 3 is 2.93 bits per heavy atom. The summed E-state index contributed by atoms with van der Waals surface area (Å²) in [5.41, 5.74) is 1.15. The van der Waals surface area contributed by atoms with Gasteiger partial charge in [0.2, 0.25) is 5.91 Å². The van der Waals surface area contributed by atoms with E-state index in [0.717, 1.165) is 49.0 Å². The Morgan fingerprint density at radius 2 is 2.14 bits per heavy atom. The summed E-state index contributed by atoms with van der Waals surface area (Å²) in [5, 5.41) is 7.26. The average molecular weight is 425 g/mol. The SMILES string of the molecule is CC1CCc2c(sc3nc(CCC(=O)NC4CCNCC4C)[nH]c(=O)c23)C1.Cl. The van der Waals surface area contributed by atoms with Crippen molar-refractivity contribution in [3.8, 4) is 0 Å². The van der Waals surface area contributed by atoms with Gasteiger partial charge < -0.3 is 15.6 Å². The van der Waals surface area contributed by atoms with Crippen LogP contribution in [0.5, 0.6) is 0 Å². The number of fused-ring (bicyclic) bond motifs is 3. The minimum absolute atomic E-state index is 0. The summed E-state index contributed by atoms with van der Waals surface area (Å²) in [4.78, 5) is 34.7. The zero-order chi connectivity index (χ0) is 19.0. The summed E-state index contributed by atoms with van der Waals surface area (Å²) in [6.07, 6.45) is 4.93. The molecule has 3 unspecified atom stereocenters. The van der Waals surface area contributed by atoms with Crippen molar-refractivity contribution in [2.45, 2.75) is 58.4 Å². The van der Waals surface area contributed by atoms with Gasteiger partial charge in [0.25, 0.3) is 5.56 Å². The van der Waals surface area contributed by atoms with E-state index in [4.69, 9.17) is 0 Å². The molecule has 28 heavy (non-hydrogen) atoms. The molecule has 3 N–H and O–H groups in total. The maximum absolute atomic E-state index is 12.6. The molecule has 0 bridgehead atoms. The molecule has 4 rings (SSSR count). The molecule has 1 fully saturated rings. The Balaban J connectivity index is 0.00000225. The molecule has 0 radical (unpaired) electrons. The highest BCUT2D eigenvalue weighted by atomic mass is 35.5. The average Bonchev–Trinajstić information content (AvgIpc) is 2.99. The summed E-state index contributed by atoms with van der Waals surface area (Å²) >= 11 is 1.66. The van der Waals surface area contributed by atoms with Crippen LogP contribution in [0.2, 0.25) is 0 Å². The molecule has 1 saturated heterocycles. The molecule has 0 spiro atoms. The molecule has 0 aromatic carbocycles. The van der Waals surface area contributed by atoms with E-state index < -0.39 is 0 Å². The van der Waals surface area contributed by atoms with Crippen molar-refractivity contribution in [1.82, 2.24) is 20.6 Å². The van der Waals surface area contributed by atoms with Gasteiger partial charge in [-0.05, 0) is 56.2 Å². The van der Waals surface area contributed by atoms with Crippen LogP contribution in [0, 0.1) is 11.8 Å². The number of aryl methyl sites for hydroxylation is 2. The molecule has 3 heterocycles. The van der Waals surface area contributed by atoms with Crippen molar-refractivity contribution in [1.29, 1.82) is 0 Å². The van der Waals surface area contributed by atoms with Crippen molar-refractivity contribution < 1.29 is 4.79 Å². The highest BCUT2D eigenvalue weighted by molar-refractivity contribution is 7.18. The van der Waals surface area contributed by atoms with Crippen molar-refractivity contribution in [2.24, 2.45) is 11.8 Å². The van der Waals surface area contributed by atoms with Crippen LogP contribution >= 0.6 is 23.7 Å². The second-order valence-corrected chi connectivity index (χ2v) is 9.27. The number of nitrogens with one attached hydrogen (secondary N) is 3. The summed E-state index contributed by atoms with van der Waals surface area (Å²) in [5.74, 6) is 1.77. The number of carbonyl (C=O) groups is 1. The van der Waals surface area contributed by atoms with Gasteiger partial charge in [0, 0.05) is 23.8 Å². The molecule has 2 aromatic heterocycles. The van der Waals surface area contributed by atoms with Gasteiger partial charge in [-0.2, -0.15) is 0 Å². The van der Waals surface area contributed by atoms with Crippen LogP contribution in [0.3, 0.4) is 0 Å². The number of halogens is 1. The number of rotatable bonds is 4. The fourth-order valence-corrected chi connectivity index (χ4v) is 5.65. The number of hydrogen-bond donors (Lipinski definition) is 3. The highest BCUT2D eigenvalue weighted by Crippen LogP contribution is 2.35. The minimum Gasteiger partial charge on any atom is -0.353 e. The highest BCUT2D eigenvalue weighted by Gasteiger charge is 2.24. The third-order valence-electron chi connectivity index (χ3n) is 5.94. The first-order chi connectivity index (χ1) is 13.0. The van der Waals surface area contributed by atoms with E-state index in [0.29, 0.717) is 30.5 Å². The molecular weight excluding hydrogens is 396 g/mol. The first-order valence-electron chi connectivity index (χ1n) is 10.0. The monoisotopic (exact) mass is 424 g/mol. The number of carbonyl (C=O) groups excluding carboxylic acids is 1. The second-order valence-electron chi connectivity index (χ2n) is 8.19. The minimum atomic E-state index is -0.0468. The Kier molecular flexibility index (Phi) is 6.78. The fraction of sp³-hybridized carbons (Fsp3) is 0.650. The van der Waals surface area contributed by atoms with E-state index in [1.54, 1.807) is 11.3 Å². The van der Waals surface area contributed by atoms with Crippen LogP contribution in [0.1, 0.15) is 49.4 Å². The van der Waals surface area contributed by atoms with E-state index in [1.165, 1.54) is 10.4 Å². The molecule has 8 heteroatoms. The van der Waals surface area contributed by atoms with Gasteiger partial charge in [0.15, 0.2) is 0 Å². The Hall–Kier alpha value is -1.44. The van der Waals surface area contributed by atoms with Gasteiger partial charge in [-0.1, -0.05) is 13.8 Å². The first kappa shape index (κ1) is 21.3. The summed E-state index contributed by atoms with van der Waals surface area (Å²) < 4.78 is 0. The maximum Gasteiger partial charge on any atom is 0.259 e. The van der Waals surface area contributed by atoms with Crippen molar-refractivity contribution >= 4 is 39.9 Å². The van der Waals surface area contributed by atoms with Crippen LogP contribution in [0.4, 0.5) is 0 Å². The second kappa shape index (κ2) is 8.93. The van der Waals surface area contributed by atoms with E-state index in [-0.39, 0.29) is 29.9 Å². The molecule has 1 aliphatic carbocycles. The number of aromatic amines is 1. The molecule has 6 nitrogen and oxygen atoms in total. The van der Waals surface area contributed by atoms with Gasteiger partial charge in [-0.3, -0.25) is 9.59 Å². The number of hydrogen-bond acceptors (Lipinski definition) is 5. The quantitative estimate of drug-likeness (QED) is 0.704. The number of H-pyrrole nitrogens is 1. The number of aromatic nitrogens is 2. The Morgan fingerprint density at radius 1 is 1.32 bits per heavy atom. The molecule has 1 amide bonds. The molecule has 2 aromatic rings. The van der Waals surface area contributed by atoms with E-state index >= 15 is 0 Å². The van der Waals surface area contributed by atoms with E-state index in [1.807, 2.05) is 0 Å². The van der Waals surface area contributed by atoms with Crippen molar-refractivity contribution in [3.63, 3.8) is 0 Å². The van der Waals surface area contributed by atoms with E-state index in [9.17, 15) is 9.59 Å². The molecule has 3 atom stereocenters. The molecule has 154 valence electrons. The topological polar surface area (TPSA) is 86.9 Å². The van der Waals surface area contributed by atoms with Crippen LogP contribution < -0.4 is 16.2 Å². The molecule has 0 saturated carbocycles. The summed E-state index contributed by atoms with van der Waals surface area (Å²) in [6.45, 7) is 6.31. The lowest BCUT2D eigenvalue weighted by Gasteiger charge is -2.30. The number of piperidine rings is 1. The van der Waals surface area contributed by atoms with Gasteiger partial charge in [-0.25, -0.2) is 4.98 Å². The van der Waals surface area contributed by atoms with Gasteiger partial charge in [0.05, 0.1) is 5.39 Å². The van der Waals surface area contributed by atoms with Crippen molar-refractivity contribution in [3.05, 3.63) is 26.6 Å². The smallest absolute Gasteiger partial charge is 0.259 e. The first-order valence-corrected chi connectivity index (χ1v) is 10.9. The molecule has 2 aliphatic rings. The van der Waals surface area contributed by atoms with Crippen LogP contribution in [-0.4, -0.2) is 35.0 Å². The largest absolute Gasteiger partial charge is 0.353 e. The Bertz CT molecular complexity index is 909. The van der Waals surface area contributed by atoms with Crippen LogP contribution in [0.25, 0.3) is 10.2 Å².